The summed E-state index contributed by atoms with van der Waals surface area (Å²) in [5, 5.41) is 6.16. The first-order chi connectivity index (χ1) is 12.0. The number of anilines is 2. The van der Waals surface area contributed by atoms with Crippen molar-refractivity contribution in [1.82, 2.24) is 14.9 Å². The third kappa shape index (κ3) is 5.26. The standard InChI is InChI=1S/C19H27N5O/c1-5-14-8-7-9-15(6-2)17(14)23-18(25)16-12-21-19(22-13-16)20-10-11-24(3)4/h7-9,12-13H,5-6,10-11H2,1-4H3,(H,23,25)(H,20,21,22). The van der Waals surface area contributed by atoms with Crippen LogP contribution in [0, 0.1) is 0 Å². The normalized spacial score (nSPS) is 10.8. The average Bonchev–Trinajstić information content (AvgIpc) is 2.62. The average molecular weight is 341 g/mol. The Bertz CT molecular complexity index is 675. The number of carbonyl (C=O) groups excluding carboxylic acids is 1. The smallest absolute Gasteiger partial charge is 0.258 e. The molecule has 0 radical (unpaired) electrons. The molecule has 0 saturated carbocycles. The highest BCUT2D eigenvalue weighted by Gasteiger charge is 2.12. The molecule has 0 atom stereocenters. The maximum atomic E-state index is 12.5. The number of benzene rings is 1. The summed E-state index contributed by atoms with van der Waals surface area (Å²) in [6.45, 7) is 5.81. The van der Waals surface area contributed by atoms with Crippen molar-refractivity contribution < 1.29 is 4.79 Å². The predicted octanol–water partition coefficient (Wildman–Crippen LogP) is 2.83. The number of aromatic nitrogens is 2. The molecular formula is C19H27N5O. The van der Waals surface area contributed by atoms with Gasteiger partial charge in [-0.1, -0.05) is 32.0 Å². The lowest BCUT2D eigenvalue weighted by Crippen LogP contribution is -2.21. The number of hydrogen-bond acceptors (Lipinski definition) is 5. The molecule has 0 aliphatic carbocycles. The van der Waals surface area contributed by atoms with Gasteiger partial charge in [0.15, 0.2) is 0 Å². The summed E-state index contributed by atoms with van der Waals surface area (Å²) in [5.41, 5.74) is 3.63. The highest BCUT2D eigenvalue weighted by molar-refractivity contribution is 6.04. The van der Waals surface area contributed by atoms with E-state index in [4.69, 9.17) is 0 Å². The Morgan fingerprint density at radius 2 is 1.68 bits per heavy atom. The highest BCUT2D eigenvalue weighted by Crippen LogP contribution is 2.23. The Morgan fingerprint density at radius 1 is 1.08 bits per heavy atom. The van der Waals surface area contributed by atoms with Crippen LogP contribution < -0.4 is 10.6 Å². The van der Waals surface area contributed by atoms with E-state index in [2.05, 4.69) is 39.3 Å². The van der Waals surface area contributed by atoms with E-state index in [1.165, 1.54) is 0 Å². The van der Waals surface area contributed by atoms with Crippen molar-refractivity contribution in [2.24, 2.45) is 0 Å². The van der Waals surface area contributed by atoms with E-state index < -0.39 is 0 Å². The fraction of sp³-hybridized carbons (Fsp3) is 0.421. The van der Waals surface area contributed by atoms with Gasteiger partial charge in [-0.15, -0.1) is 0 Å². The second-order valence-electron chi connectivity index (χ2n) is 6.14. The van der Waals surface area contributed by atoms with Gasteiger partial charge in [-0.3, -0.25) is 4.79 Å². The summed E-state index contributed by atoms with van der Waals surface area (Å²) >= 11 is 0. The highest BCUT2D eigenvalue weighted by atomic mass is 16.1. The van der Waals surface area contributed by atoms with Crippen LogP contribution in [0.4, 0.5) is 11.6 Å². The van der Waals surface area contributed by atoms with Gasteiger partial charge in [-0.2, -0.15) is 0 Å². The summed E-state index contributed by atoms with van der Waals surface area (Å²) < 4.78 is 0. The molecule has 1 amide bonds. The molecular weight excluding hydrogens is 314 g/mol. The number of likely N-dealkylation sites (N-methyl/N-ethyl adjacent to an activating group) is 1. The molecule has 2 aromatic rings. The zero-order valence-corrected chi connectivity index (χ0v) is 15.5. The summed E-state index contributed by atoms with van der Waals surface area (Å²) in [4.78, 5) is 23.1. The Kier molecular flexibility index (Phi) is 6.89. The minimum Gasteiger partial charge on any atom is -0.353 e. The number of aryl methyl sites for hydroxylation is 2. The molecule has 6 nitrogen and oxygen atoms in total. The zero-order chi connectivity index (χ0) is 18.2. The molecule has 0 saturated heterocycles. The van der Waals surface area contributed by atoms with Gasteiger partial charge in [-0.05, 0) is 38.1 Å². The third-order valence-electron chi connectivity index (χ3n) is 3.99. The minimum absolute atomic E-state index is 0.185. The number of para-hydroxylation sites is 1. The van der Waals surface area contributed by atoms with Gasteiger partial charge >= 0.3 is 0 Å². The quantitative estimate of drug-likeness (QED) is 0.773. The van der Waals surface area contributed by atoms with Crippen LogP contribution in [-0.2, 0) is 12.8 Å². The maximum absolute atomic E-state index is 12.5. The van der Waals surface area contributed by atoms with Crippen LogP contribution in [0.5, 0.6) is 0 Å². The molecule has 0 fully saturated rings. The summed E-state index contributed by atoms with van der Waals surface area (Å²) in [7, 11) is 4.02. The van der Waals surface area contributed by atoms with Gasteiger partial charge < -0.3 is 15.5 Å². The number of hydrogen-bond donors (Lipinski definition) is 2. The van der Waals surface area contributed by atoms with Gasteiger partial charge in [0.1, 0.15) is 0 Å². The van der Waals surface area contributed by atoms with Gasteiger partial charge in [0.25, 0.3) is 5.91 Å². The lowest BCUT2D eigenvalue weighted by molar-refractivity contribution is 0.102. The van der Waals surface area contributed by atoms with Gasteiger partial charge in [-0.25, -0.2) is 9.97 Å². The molecule has 0 bridgehead atoms. The second kappa shape index (κ2) is 9.13. The minimum atomic E-state index is -0.185. The van der Waals surface area contributed by atoms with Crippen LogP contribution in [0.1, 0.15) is 35.3 Å². The molecule has 0 spiro atoms. The van der Waals surface area contributed by atoms with E-state index in [-0.39, 0.29) is 5.91 Å². The first kappa shape index (κ1) is 18.9. The molecule has 2 rings (SSSR count). The van der Waals surface area contributed by atoms with E-state index in [1.54, 1.807) is 12.4 Å². The first-order valence-electron chi connectivity index (χ1n) is 8.67. The Labute approximate surface area is 149 Å². The Balaban J connectivity index is 2.06. The summed E-state index contributed by atoms with van der Waals surface area (Å²) in [6, 6.07) is 6.12. The van der Waals surface area contributed by atoms with Crippen LogP contribution >= 0.6 is 0 Å². The van der Waals surface area contributed by atoms with E-state index in [1.807, 2.05) is 32.3 Å². The summed E-state index contributed by atoms with van der Waals surface area (Å²) in [5.74, 6) is 0.344. The van der Waals surface area contributed by atoms with E-state index in [0.29, 0.717) is 11.5 Å². The molecule has 0 aliphatic heterocycles. The van der Waals surface area contributed by atoms with Gasteiger partial charge in [0.05, 0.1) is 5.56 Å². The number of nitrogens with zero attached hydrogens (tertiary/aromatic N) is 3. The van der Waals surface area contributed by atoms with Crippen LogP contribution in [-0.4, -0.2) is 48.0 Å². The van der Waals surface area contributed by atoms with Crippen molar-refractivity contribution in [3.05, 3.63) is 47.3 Å². The van der Waals surface area contributed by atoms with Gasteiger partial charge in [0.2, 0.25) is 5.95 Å². The molecule has 0 aliphatic rings. The largest absolute Gasteiger partial charge is 0.353 e. The molecule has 6 heteroatoms. The van der Waals surface area contributed by atoms with Crippen LogP contribution in [0.3, 0.4) is 0 Å². The second-order valence-corrected chi connectivity index (χ2v) is 6.14. The molecule has 0 unspecified atom stereocenters. The Morgan fingerprint density at radius 3 is 2.20 bits per heavy atom. The SMILES string of the molecule is CCc1cccc(CC)c1NC(=O)c1cnc(NCCN(C)C)nc1. The van der Waals surface area contributed by atoms with Crippen LogP contribution in [0.25, 0.3) is 0 Å². The lowest BCUT2D eigenvalue weighted by Gasteiger charge is -2.14. The van der Waals surface area contributed by atoms with Crippen molar-refractivity contribution in [1.29, 1.82) is 0 Å². The van der Waals surface area contributed by atoms with Crippen molar-refractivity contribution in [3.63, 3.8) is 0 Å². The van der Waals surface area contributed by atoms with Crippen molar-refractivity contribution in [2.45, 2.75) is 26.7 Å². The number of nitrogens with one attached hydrogen (secondary N) is 2. The molecule has 1 heterocycles. The topological polar surface area (TPSA) is 70.2 Å². The monoisotopic (exact) mass is 341 g/mol. The summed E-state index contributed by atoms with van der Waals surface area (Å²) in [6.07, 6.45) is 4.85. The van der Waals surface area contributed by atoms with Crippen LogP contribution in [0.2, 0.25) is 0 Å². The van der Waals surface area contributed by atoms with Gasteiger partial charge in [0, 0.05) is 31.2 Å². The van der Waals surface area contributed by atoms with E-state index in [0.717, 1.165) is 42.7 Å². The van der Waals surface area contributed by atoms with E-state index >= 15 is 0 Å². The van der Waals surface area contributed by atoms with Crippen LogP contribution in [0.15, 0.2) is 30.6 Å². The molecule has 25 heavy (non-hydrogen) atoms. The number of amides is 1. The first-order valence-corrected chi connectivity index (χ1v) is 8.67. The zero-order valence-electron chi connectivity index (χ0n) is 15.5. The fourth-order valence-corrected chi connectivity index (χ4v) is 2.52. The fourth-order valence-electron chi connectivity index (χ4n) is 2.52. The number of rotatable bonds is 8. The lowest BCUT2D eigenvalue weighted by atomic mass is 10.0. The van der Waals surface area contributed by atoms with E-state index in [9.17, 15) is 4.79 Å². The number of carbonyl (C=O) groups is 1. The van der Waals surface area contributed by atoms with Crippen molar-refractivity contribution >= 4 is 17.5 Å². The molecule has 2 N–H and O–H groups in total. The third-order valence-corrected chi connectivity index (χ3v) is 3.99. The van der Waals surface area contributed by atoms with Crippen molar-refractivity contribution in [2.75, 3.05) is 37.8 Å². The Hall–Kier alpha value is -2.47. The maximum Gasteiger partial charge on any atom is 0.258 e. The molecule has 1 aromatic carbocycles. The molecule has 134 valence electrons. The predicted molar refractivity (Wildman–Crippen MR) is 102 cm³/mol. The molecule has 1 aromatic heterocycles. The van der Waals surface area contributed by atoms with Crippen molar-refractivity contribution in [3.8, 4) is 0 Å².